The highest BCUT2D eigenvalue weighted by Crippen LogP contribution is 2.37. The summed E-state index contributed by atoms with van der Waals surface area (Å²) in [5.41, 5.74) is 0. The summed E-state index contributed by atoms with van der Waals surface area (Å²) in [6.45, 7) is 28.3. The van der Waals surface area contributed by atoms with E-state index in [-0.39, 0.29) is 0 Å². The van der Waals surface area contributed by atoms with Crippen LogP contribution in [-0.2, 0) is 38.0 Å². The van der Waals surface area contributed by atoms with Gasteiger partial charge < -0.3 is 38.0 Å². The van der Waals surface area contributed by atoms with Crippen molar-refractivity contribution < 1.29 is 38.0 Å². The van der Waals surface area contributed by atoms with Gasteiger partial charge in [-0.1, -0.05) is 0 Å². The lowest BCUT2D eigenvalue weighted by atomic mass is 10.9. The molecule has 0 aliphatic carbocycles. The van der Waals surface area contributed by atoms with E-state index in [4.69, 9.17) is 38.0 Å². The quantitative estimate of drug-likeness (QED) is 0.212. The Labute approximate surface area is 236 Å². The van der Waals surface area contributed by atoms with Crippen LogP contribution >= 0.6 is 0 Å². The minimum atomic E-state index is -2.75. The van der Waals surface area contributed by atoms with Crippen LogP contribution in [0.25, 0.3) is 0 Å². The Morgan fingerprint density at radius 1 is 0.541 bits per heavy atom. The van der Waals surface area contributed by atoms with E-state index in [0.29, 0.717) is 12.1 Å². The van der Waals surface area contributed by atoms with Crippen molar-refractivity contribution in [2.24, 2.45) is 0 Å². The van der Waals surface area contributed by atoms with Crippen LogP contribution in [-0.4, -0.2) is 89.6 Å². The van der Waals surface area contributed by atoms with E-state index in [1.165, 1.54) is 0 Å². The number of hydrogen-bond donors (Lipinski definition) is 0. The molecule has 1 saturated heterocycles. The van der Waals surface area contributed by atoms with Crippen molar-refractivity contribution in [2.75, 3.05) is 21.3 Å². The van der Waals surface area contributed by atoms with Gasteiger partial charge in [-0.05, 0) is 103 Å². The van der Waals surface area contributed by atoms with Crippen molar-refractivity contribution in [3.05, 3.63) is 0 Å². The zero-order chi connectivity index (χ0) is 29.2. The second kappa shape index (κ2) is 12.7. The summed E-state index contributed by atoms with van der Waals surface area (Å²) < 4.78 is 57.7. The van der Waals surface area contributed by atoms with E-state index in [0.717, 1.165) is 12.1 Å². The van der Waals surface area contributed by atoms with Gasteiger partial charge in [-0.15, -0.1) is 0 Å². The zero-order valence-corrected chi connectivity index (χ0v) is 34.5. The van der Waals surface area contributed by atoms with Gasteiger partial charge in [-0.25, -0.2) is 0 Å². The summed E-state index contributed by atoms with van der Waals surface area (Å²) in [4.78, 5) is 0. The molecule has 0 aromatic heterocycles. The van der Waals surface area contributed by atoms with Crippen LogP contribution in [0.4, 0.5) is 0 Å². The molecule has 9 nitrogen and oxygen atoms in total. The molecule has 1 rings (SSSR count). The molecule has 17 heteroatoms. The highest BCUT2D eigenvalue weighted by molar-refractivity contribution is 6.94. The van der Waals surface area contributed by atoms with Gasteiger partial charge >= 0.3 is 51.6 Å². The molecule has 0 saturated carbocycles. The summed E-state index contributed by atoms with van der Waals surface area (Å²) in [5.74, 6) is 0. The third kappa shape index (κ3) is 12.8. The highest BCUT2D eigenvalue weighted by atomic mass is 28.5. The van der Waals surface area contributed by atoms with Crippen LogP contribution in [0.1, 0.15) is 0 Å². The Bertz CT molecular complexity index is 714. The summed E-state index contributed by atoms with van der Waals surface area (Å²) in [6.07, 6.45) is 0. The van der Waals surface area contributed by atoms with Gasteiger partial charge in [0.15, 0.2) is 16.6 Å². The first kappa shape index (κ1) is 36.4. The molecule has 0 aromatic rings. The maximum atomic E-state index is 6.91. The molecule has 1 aliphatic rings. The average Bonchev–Trinajstić information content (AvgIpc) is 2.62. The lowest BCUT2D eigenvalue weighted by Crippen LogP contribution is -2.66. The predicted octanol–water partition coefficient (Wildman–Crippen LogP) is 6.27. The van der Waals surface area contributed by atoms with Crippen molar-refractivity contribution in [3.8, 4) is 0 Å². The molecule has 1 heterocycles. The molecular weight excluding hydrogens is 609 g/mol. The van der Waals surface area contributed by atoms with Crippen LogP contribution in [0, 0.1) is 0 Å². The molecule has 0 radical (unpaired) electrons. The van der Waals surface area contributed by atoms with E-state index in [2.05, 4.69) is 85.1 Å². The van der Waals surface area contributed by atoms with Crippen molar-refractivity contribution in [2.45, 2.75) is 109 Å². The molecule has 0 atom stereocenters. The first-order valence-corrected chi connectivity index (χ1v) is 35.2. The number of rotatable bonds is 13. The Kier molecular flexibility index (Phi) is 12.5. The minimum Gasteiger partial charge on any atom is -0.437 e. The predicted molar refractivity (Wildman–Crippen MR) is 169 cm³/mol. The monoisotopic (exact) mass is 664 g/mol. The molecule has 0 spiro atoms. The topological polar surface area (TPSA) is 83.1 Å². The molecule has 1 aliphatic heterocycles. The van der Waals surface area contributed by atoms with Gasteiger partial charge in [0.05, 0.1) is 0 Å². The van der Waals surface area contributed by atoms with Gasteiger partial charge in [-0.2, -0.15) is 0 Å². The SMILES string of the molecule is CO[Si](CC[Si]1(C)O[Si](C)(C)O[Si](C)(CC[Si](C)(C)O[Si](C)(C)O[Si](C)(C)C)O[Si](C)(C)O1)(OC)OC. The van der Waals surface area contributed by atoms with Gasteiger partial charge in [0, 0.05) is 27.4 Å². The van der Waals surface area contributed by atoms with E-state index in [1.54, 1.807) is 21.3 Å². The standard InChI is InChI=1S/C20H56O9Si8/c1-21-37(22-2,23-3)20-19-36(16)28-33(11,12)26-35(15,27-34(13,14)29-36)18-17-31(7,8)25-32(9,10)24-30(4,5)6/h17-20H2,1-16H3. The summed E-state index contributed by atoms with van der Waals surface area (Å²) >= 11 is 0. The normalized spacial score (nSPS) is 27.6. The van der Waals surface area contributed by atoms with Crippen LogP contribution in [0.3, 0.4) is 0 Å². The maximum Gasteiger partial charge on any atom is 0.500 e. The summed E-state index contributed by atoms with van der Waals surface area (Å²) in [5, 5.41) is 0. The minimum absolute atomic E-state index is 0.624. The zero-order valence-electron chi connectivity index (χ0n) is 26.5. The third-order valence-corrected chi connectivity index (χ3v) is 36.8. The van der Waals surface area contributed by atoms with E-state index in [1.807, 2.05) is 0 Å². The first-order valence-electron chi connectivity index (χ1n) is 13.2. The first-order chi connectivity index (χ1) is 16.3. The van der Waals surface area contributed by atoms with Crippen LogP contribution in [0.15, 0.2) is 0 Å². The lowest BCUT2D eigenvalue weighted by Gasteiger charge is -2.49. The van der Waals surface area contributed by atoms with Crippen molar-refractivity contribution in [3.63, 3.8) is 0 Å². The van der Waals surface area contributed by atoms with Crippen molar-refractivity contribution in [1.82, 2.24) is 0 Å². The van der Waals surface area contributed by atoms with Gasteiger partial charge in [0.1, 0.15) is 0 Å². The molecular formula is C20H56O9Si8. The van der Waals surface area contributed by atoms with Crippen molar-refractivity contribution >= 4 is 68.2 Å². The molecule has 0 amide bonds. The molecule has 0 unspecified atom stereocenters. The highest BCUT2D eigenvalue weighted by Gasteiger charge is 2.55. The van der Waals surface area contributed by atoms with Crippen LogP contribution in [0.2, 0.25) is 109 Å². The van der Waals surface area contributed by atoms with E-state index in [9.17, 15) is 0 Å². The number of hydrogen-bond acceptors (Lipinski definition) is 9. The Balaban J connectivity index is 3.05. The van der Waals surface area contributed by atoms with Crippen LogP contribution < -0.4 is 0 Å². The largest absolute Gasteiger partial charge is 0.500 e. The van der Waals surface area contributed by atoms with Gasteiger partial charge in [-0.3, -0.25) is 0 Å². The van der Waals surface area contributed by atoms with E-state index >= 15 is 0 Å². The second-order valence-electron chi connectivity index (χ2n) is 13.2. The fourth-order valence-electron chi connectivity index (χ4n) is 5.31. The fraction of sp³-hybridized carbons (Fsp3) is 1.00. The molecule has 0 N–H and O–H groups in total. The molecule has 1 fully saturated rings. The molecule has 222 valence electrons. The van der Waals surface area contributed by atoms with Crippen molar-refractivity contribution in [1.29, 1.82) is 0 Å². The molecule has 0 bridgehead atoms. The molecule has 0 aromatic carbocycles. The van der Waals surface area contributed by atoms with Gasteiger partial charge in [0.25, 0.3) is 0 Å². The summed E-state index contributed by atoms with van der Waals surface area (Å²) in [7, 11) is -14.1. The lowest BCUT2D eigenvalue weighted by molar-refractivity contribution is 0.124. The Morgan fingerprint density at radius 2 is 0.892 bits per heavy atom. The maximum absolute atomic E-state index is 6.91. The third-order valence-electron chi connectivity index (χ3n) is 5.92. The smallest absolute Gasteiger partial charge is 0.437 e. The fourth-order valence-corrected chi connectivity index (χ4v) is 46.3. The average molecular weight is 665 g/mol. The van der Waals surface area contributed by atoms with E-state index < -0.39 is 68.2 Å². The Hall–Kier alpha value is 1.38. The van der Waals surface area contributed by atoms with Crippen LogP contribution in [0.5, 0.6) is 0 Å². The second-order valence-corrected chi connectivity index (χ2v) is 43.4. The Morgan fingerprint density at radius 3 is 1.22 bits per heavy atom. The van der Waals surface area contributed by atoms with Gasteiger partial charge in [0.2, 0.25) is 0 Å². The summed E-state index contributed by atoms with van der Waals surface area (Å²) in [6, 6.07) is 3.12. The molecule has 37 heavy (non-hydrogen) atoms.